The van der Waals surface area contributed by atoms with Crippen LogP contribution in [0.15, 0.2) is 83.9 Å². The van der Waals surface area contributed by atoms with E-state index in [2.05, 4.69) is 63.8 Å². The molecule has 0 saturated heterocycles. The monoisotopic (exact) mass is 428 g/mol. The van der Waals surface area contributed by atoms with E-state index in [1.165, 1.54) is 16.1 Å². The van der Waals surface area contributed by atoms with Gasteiger partial charge in [-0.1, -0.05) is 55.5 Å². The molecule has 1 aliphatic heterocycles. The summed E-state index contributed by atoms with van der Waals surface area (Å²) < 4.78 is 0. The fourth-order valence-corrected chi connectivity index (χ4v) is 5.22. The minimum Gasteiger partial charge on any atom is -0.365 e. The van der Waals surface area contributed by atoms with Crippen LogP contribution in [0, 0.1) is 0 Å². The van der Waals surface area contributed by atoms with E-state index in [1.54, 1.807) is 0 Å². The van der Waals surface area contributed by atoms with Crippen molar-refractivity contribution < 1.29 is 4.79 Å². The van der Waals surface area contributed by atoms with E-state index in [1.807, 2.05) is 54.4 Å². The number of hydrogen-bond donors (Lipinski definition) is 3. The van der Waals surface area contributed by atoms with Crippen LogP contribution < -0.4 is 15.5 Å². The predicted molar refractivity (Wildman–Crippen MR) is 130 cm³/mol. The molecule has 3 aromatic carbocycles. The molecule has 0 saturated carbocycles. The zero-order valence-corrected chi connectivity index (χ0v) is 18.1. The van der Waals surface area contributed by atoms with Gasteiger partial charge in [-0.05, 0) is 29.8 Å². The van der Waals surface area contributed by atoms with Gasteiger partial charge in [-0.25, -0.2) is 4.79 Å². The summed E-state index contributed by atoms with van der Waals surface area (Å²) in [6, 6.07) is 24.3. The number of hydrogen-bond acceptors (Lipinski definition) is 3. The van der Waals surface area contributed by atoms with Crippen LogP contribution in [-0.2, 0) is 6.54 Å². The Labute approximate surface area is 185 Å². The van der Waals surface area contributed by atoms with Crippen molar-refractivity contribution in [3.05, 3.63) is 84.6 Å². The van der Waals surface area contributed by atoms with Gasteiger partial charge < -0.3 is 20.5 Å². The highest BCUT2D eigenvalue weighted by Crippen LogP contribution is 2.40. The number of anilines is 3. The first-order chi connectivity index (χ1) is 15.2. The smallest absolute Gasteiger partial charge is 0.323 e. The fraction of sp³-hybridized carbons (Fsp3) is 0.160. The van der Waals surface area contributed by atoms with Gasteiger partial charge in [0, 0.05) is 46.0 Å². The first-order valence-electron chi connectivity index (χ1n) is 10.4. The van der Waals surface area contributed by atoms with Crippen LogP contribution in [0.4, 0.5) is 21.9 Å². The van der Waals surface area contributed by atoms with Gasteiger partial charge in [0.1, 0.15) is 0 Å². The van der Waals surface area contributed by atoms with Crippen molar-refractivity contribution in [2.75, 3.05) is 22.1 Å². The number of thioether (sulfide) groups is 1. The van der Waals surface area contributed by atoms with Gasteiger partial charge in [0.15, 0.2) is 0 Å². The molecular weight excluding hydrogens is 404 g/mol. The molecule has 6 heteroatoms. The first kappa shape index (κ1) is 19.6. The lowest BCUT2D eigenvalue weighted by atomic mass is 10.1. The van der Waals surface area contributed by atoms with Crippen LogP contribution >= 0.6 is 11.8 Å². The lowest BCUT2D eigenvalue weighted by Gasteiger charge is -2.34. The van der Waals surface area contributed by atoms with Crippen molar-refractivity contribution in [2.24, 2.45) is 0 Å². The summed E-state index contributed by atoms with van der Waals surface area (Å²) in [5.74, 6) is 0. The normalized spacial score (nSPS) is 15.5. The Morgan fingerprint density at radius 1 is 1.06 bits per heavy atom. The number of H-pyrrole nitrogens is 1. The van der Waals surface area contributed by atoms with Gasteiger partial charge >= 0.3 is 6.03 Å². The standard InChI is InChI=1S/C25H24N4OS/c1-17-15-29(16-18-7-3-2-4-8-18)23-12-11-19(13-24(23)31-17)27-25(30)28-22-14-26-21-10-6-5-9-20(21)22/h2-14,17,26H,15-16H2,1H3,(H2,27,28,30). The van der Waals surface area contributed by atoms with Gasteiger partial charge in [-0.15, -0.1) is 11.8 Å². The molecule has 5 nitrogen and oxygen atoms in total. The number of carbonyl (C=O) groups excluding carboxylic acids is 1. The molecule has 1 atom stereocenters. The van der Waals surface area contributed by atoms with Gasteiger partial charge in [0.2, 0.25) is 0 Å². The molecule has 0 radical (unpaired) electrons. The molecule has 4 aromatic rings. The molecule has 2 amide bonds. The number of rotatable bonds is 4. The highest BCUT2D eigenvalue weighted by Gasteiger charge is 2.23. The van der Waals surface area contributed by atoms with Crippen LogP contribution in [0.25, 0.3) is 10.9 Å². The van der Waals surface area contributed by atoms with Crippen molar-refractivity contribution in [1.82, 2.24) is 4.98 Å². The third-order valence-corrected chi connectivity index (χ3v) is 6.55. The van der Waals surface area contributed by atoms with Crippen LogP contribution in [0.2, 0.25) is 0 Å². The number of aromatic amines is 1. The SMILES string of the molecule is CC1CN(Cc2ccccc2)c2ccc(NC(=O)Nc3c[nH]c4ccccc34)cc2S1. The van der Waals surface area contributed by atoms with E-state index >= 15 is 0 Å². The summed E-state index contributed by atoms with van der Waals surface area (Å²) in [5, 5.41) is 7.39. The number of nitrogens with one attached hydrogen (secondary N) is 3. The predicted octanol–water partition coefficient (Wildman–Crippen LogP) is 6.31. The summed E-state index contributed by atoms with van der Waals surface area (Å²) in [5.41, 5.74) is 5.07. The van der Waals surface area contributed by atoms with Gasteiger partial charge in [-0.3, -0.25) is 0 Å². The van der Waals surface area contributed by atoms with Crippen LogP contribution in [-0.4, -0.2) is 22.8 Å². The van der Waals surface area contributed by atoms with E-state index in [4.69, 9.17) is 0 Å². The Hall–Kier alpha value is -3.38. The minimum absolute atomic E-state index is 0.250. The lowest BCUT2D eigenvalue weighted by Crippen LogP contribution is -2.32. The van der Waals surface area contributed by atoms with Gasteiger partial charge in [-0.2, -0.15) is 0 Å². The number of carbonyl (C=O) groups is 1. The lowest BCUT2D eigenvalue weighted by molar-refractivity contribution is 0.262. The first-order valence-corrected chi connectivity index (χ1v) is 11.3. The molecule has 2 heterocycles. The molecule has 3 N–H and O–H groups in total. The van der Waals surface area contributed by atoms with Gasteiger partial charge in [0.05, 0.1) is 11.4 Å². The Bertz CT molecular complexity index is 1220. The zero-order chi connectivity index (χ0) is 21.2. The molecule has 1 aromatic heterocycles. The summed E-state index contributed by atoms with van der Waals surface area (Å²) in [7, 11) is 0. The summed E-state index contributed by atoms with van der Waals surface area (Å²) in [6.45, 7) is 4.13. The van der Waals surface area contributed by atoms with Crippen molar-refractivity contribution in [2.45, 2.75) is 23.6 Å². The largest absolute Gasteiger partial charge is 0.365 e. The van der Waals surface area contributed by atoms with Crippen molar-refractivity contribution in [3.63, 3.8) is 0 Å². The zero-order valence-electron chi connectivity index (χ0n) is 17.3. The third kappa shape index (κ3) is 4.25. The maximum atomic E-state index is 12.6. The number of benzene rings is 3. The minimum atomic E-state index is -0.250. The second kappa shape index (κ2) is 8.40. The molecule has 0 fully saturated rings. The van der Waals surface area contributed by atoms with E-state index in [9.17, 15) is 4.79 Å². The topological polar surface area (TPSA) is 60.2 Å². The molecule has 5 rings (SSSR count). The molecule has 156 valence electrons. The Morgan fingerprint density at radius 2 is 1.87 bits per heavy atom. The molecule has 0 spiro atoms. The number of fused-ring (bicyclic) bond motifs is 2. The average Bonchev–Trinajstić information content (AvgIpc) is 3.17. The van der Waals surface area contributed by atoms with E-state index < -0.39 is 0 Å². The number of para-hydroxylation sites is 1. The summed E-state index contributed by atoms with van der Waals surface area (Å²) >= 11 is 1.86. The molecular formula is C25H24N4OS. The molecule has 31 heavy (non-hydrogen) atoms. The second-order valence-corrected chi connectivity index (χ2v) is 9.28. The van der Waals surface area contributed by atoms with Crippen molar-refractivity contribution >= 4 is 45.8 Å². The van der Waals surface area contributed by atoms with Crippen LogP contribution in [0.3, 0.4) is 0 Å². The van der Waals surface area contributed by atoms with E-state index in [-0.39, 0.29) is 6.03 Å². The Morgan fingerprint density at radius 3 is 2.74 bits per heavy atom. The van der Waals surface area contributed by atoms with Crippen molar-refractivity contribution in [3.8, 4) is 0 Å². The van der Waals surface area contributed by atoms with E-state index in [0.717, 1.165) is 35.4 Å². The number of amides is 2. The number of urea groups is 1. The summed E-state index contributed by atoms with van der Waals surface area (Å²) in [4.78, 5) is 19.4. The maximum Gasteiger partial charge on any atom is 0.323 e. The van der Waals surface area contributed by atoms with Crippen LogP contribution in [0.1, 0.15) is 12.5 Å². The Kier molecular flexibility index (Phi) is 5.30. The highest BCUT2D eigenvalue weighted by molar-refractivity contribution is 8.00. The highest BCUT2D eigenvalue weighted by atomic mass is 32.2. The third-order valence-electron chi connectivity index (χ3n) is 5.42. The fourth-order valence-electron chi connectivity index (χ4n) is 4.02. The molecule has 0 bridgehead atoms. The molecule has 1 unspecified atom stereocenters. The van der Waals surface area contributed by atoms with Gasteiger partial charge in [0.25, 0.3) is 0 Å². The quantitative estimate of drug-likeness (QED) is 0.357. The maximum absolute atomic E-state index is 12.6. The molecule has 1 aliphatic rings. The molecule has 0 aliphatic carbocycles. The van der Waals surface area contributed by atoms with Crippen molar-refractivity contribution in [1.29, 1.82) is 0 Å². The Balaban J connectivity index is 1.32. The number of nitrogens with zero attached hydrogens (tertiary/aromatic N) is 1. The second-order valence-electron chi connectivity index (χ2n) is 7.80. The summed E-state index contributed by atoms with van der Waals surface area (Å²) in [6.07, 6.45) is 1.82. The number of aromatic nitrogens is 1. The van der Waals surface area contributed by atoms with E-state index in [0.29, 0.717) is 5.25 Å². The average molecular weight is 429 g/mol. The van der Waals surface area contributed by atoms with Crippen LogP contribution in [0.5, 0.6) is 0 Å².